The number of amides is 1. The molecule has 1 aromatic heterocycles. The summed E-state index contributed by atoms with van der Waals surface area (Å²) in [6, 6.07) is 14.7. The van der Waals surface area contributed by atoms with Gasteiger partial charge in [-0.25, -0.2) is 4.98 Å². The maximum atomic E-state index is 12.6. The van der Waals surface area contributed by atoms with E-state index >= 15 is 0 Å². The molecule has 1 aliphatic rings. The van der Waals surface area contributed by atoms with Crippen LogP contribution in [0.2, 0.25) is 0 Å². The number of carbonyl (C=O) groups is 1. The second-order valence-corrected chi connectivity index (χ2v) is 9.68. The van der Waals surface area contributed by atoms with Gasteiger partial charge in [0, 0.05) is 36.0 Å². The number of thiazole rings is 1. The van der Waals surface area contributed by atoms with Crippen LogP contribution >= 0.6 is 34.9 Å². The van der Waals surface area contributed by atoms with Crippen molar-refractivity contribution in [2.75, 3.05) is 43.1 Å². The summed E-state index contributed by atoms with van der Waals surface area (Å²) in [5.74, 6) is 0.723. The number of rotatable bonds is 5. The average molecular weight is 430 g/mol. The Balaban J connectivity index is 1.34. The van der Waals surface area contributed by atoms with Crippen LogP contribution in [0, 0.1) is 6.92 Å². The quantitative estimate of drug-likeness (QED) is 0.546. The first-order valence-electron chi connectivity index (χ1n) is 9.30. The molecule has 1 aliphatic heterocycles. The summed E-state index contributed by atoms with van der Waals surface area (Å²) in [5.41, 5.74) is 2.34. The maximum absolute atomic E-state index is 12.6. The molecule has 0 bridgehead atoms. The van der Waals surface area contributed by atoms with Gasteiger partial charge in [-0.2, -0.15) is 0 Å². The third kappa shape index (κ3) is 4.31. The zero-order valence-electron chi connectivity index (χ0n) is 16.1. The summed E-state index contributed by atoms with van der Waals surface area (Å²) in [7, 11) is 0. The summed E-state index contributed by atoms with van der Waals surface area (Å²) in [4.78, 5) is 24.1. The second kappa shape index (κ2) is 8.76. The number of nitrogens with zero attached hydrogens (tertiary/aromatic N) is 3. The number of aryl methyl sites for hydroxylation is 1. The molecular weight excluding hydrogens is 406 g/mol. The first kappa shape index (κ1) is 19.6. The zero-order chi connectivity index (χ0) is 19.5. The highest BCUT2D eigenvalue weighted by atomic mass is 32.2. The molecule has 0 atom stereocenters. The van der Waals surface area contributed by atoms with Crippen LogP contribution in [0.25, 0.3) is 10.2 Å². The standard InChI is InChI=1S/C21H23N3OS3/c1-15-6-8-16(9-7-15)27-14-19(25)23-10-12-24(13-11-23)21-22-20-17(26-2)4-3-5-18(20)28-21/h3-9H,10-14H2,1-2H3. The van der Waals surface area contributed by atoms with Crippen molar-refractivity contribution in [1.82, 2.24) is 9.88 Å². The van der Waals surface area contributed by atoms with Crippen LogP contribution in [0.1, 0.15) is 5.56 Å². The molecule has 2 heterocycles. The van der Waals surface area contributed by atoms with E-state index in [4.69, 9.17) is 4.98 Å². The van der Waals surface area contributed by atoms with Crippen LogP contribution in [0.4, 0.5) is 5.13 Å². The zero-order valence-corrected chi connectivity index (χ0v) is 18.5. The van der Waals surface area contributed by atoms with Crippen molar-refractivity contribution in [1.29, 1.82) is 0 Å². The molecule has 2 aromatic carbocycles. The fraction of sp³-hybridized carbons (Fsp3) is 0.333. The Kier molecular flexibility index (Phi) is 6.13. The van der Waals surface area contributed by atoms with Crippen molar-refractivity contribution >= 4 is 56.1 Å². The predicted octanol–water partition coefficient (Wildman–Crippen LogP) is 4.77. The topological polar surface area (TPSA) is 36.4 Å². The van der Waals surface area contributed by atoms with Crippen LogP contribution in [0.15, 0.2) is 52.3 Å². The van der Waals surface area contributed by atoms with Crippen molar-refractivity contribution in [3.63, 3.8) is 0 Å². The van der Waals surface area contributed by atoms with Gasteiger partial charge in [0.25, 0.3) is 0 Å². The Bertz CT molecular complexity index is 963. The van der Waals surface area contributed by atoms with E-state index in [1.54, 1.807) is 34.9 Å². The van der Waals surface area contributed by atoms with Gasteiger partial charge in [0.15, 0.2) is 5.13 Å². The number of anilines is 1. The van der Waals surface area contributed by atoms with Crippen LogP contribution in [0.5, 0.6) is 0 Å². The van der Waals surface area contributed by atoms with Crippen molar-refractivity contribution in [2.24, 2.45) is 0 Å². The van der Waals surface area contributed by atoms with Crippen LogP contribution < -0.4 is 4.90 Å². The molecule has 4 nitrogen and oxygen atoms in total. The number of piperazine rings is 1. The third-order valence-corrected chi connectivity index (χ3v) is 7.72. The molecule has 0 N–H and O–H groups in total. The highest BCUT2D eigenvalue weighted by Crippen LogP contribution is 2.34. The maximum Gasteiger partial charge on any atom is 0.233 e. The first-order valence-corrected chi connectivity index (χ1v) is 12.3. The molecule has 0 saturated carbocycles. The molecule has 1 fully saturated rings. The van der Waals surface area contributed by atoms with Gasteiger partial charge in [0.05, 0.1) is 16.0 Å². The summed E-state index contributed by atoms with van der Waals surface area (Å²) in [6.45, 7) is 5.29. The number of benzene rings is 2. The van der Waals surface area contributed by atoms with Crippen LogP contribution in [0.3, 0.4) is 0 Å². The molecule has 1 saturated heterocycles. The molecule has 4 rings (SSSR count). The van der Waals surface area contributed by atoms with Crippen LogP contribution in [-0.4, -0.2) is 54.0 Å². The molecule has 146 valence electrons. The number of fused-ring (bicyclic) bond motifs is 1. The van der Waals surface area contributed by atoms with E-state index < -0.39 is 0 Å². The molecule has 3 aromatic rings. The summed E-state index contributed by atoms with van der Waals surface area (Å²) in [5, 5.41) is 1.07. The third-order valence-electron chi connectivity index (χ3n) is 4.88. The van der Waals surface area contributed by atoms with E-state index in [2.05, 4.69) is 60.5 Å². The smallest absolute Gasteiger partial charge is 0.233 e. The average Bonchev–Trinajstić information content (AvgIpc) is 3.17. The van der Waals surface area contributed by atoms with Gasteiger partial charge in [-0.05, 0) is 37.4 Å². The Morgan fingerprint density at radius 3 is 2.57 bits per heavy atom. The normalized spacial score (nSPS) is 14.6. The number of hydrogen-bond donors (Lipinski definition) is 0. The van der Waals surface area contributed by atoms with Gasteiger partial charge in [0.2, 0.25) is 5.91 Å². The van der Waals surface area contributed by atoms with Gasteiger partial charge in [-0.15, -0.1) is 23.5 Å². The van der Waals surface area contributed by atoms with Gasteiger partial charge in [-0.3, -0.25) is 4.79 Å². The Hall–Kier alpha value is -1.70. The summed E-state index contributed by atoms with van der Waals surface area (Å²) >= 11 is 5.10. The van der Waals surface area contributed by atoms with Crippen molar-refractivity contribution in [3.8, 4) is 0 Å². The molecule has 1 amide bonds. The van der Waals surface area contributed by atoms with Gasteiger partial charge in [-0.1, -0.05) is 35.1 Å². The van der Waals surface area contributed by atoms with Crippen LogP contribution in [-0.2, 0) is 4.79 Å². The number of hydrogen-bond acceptors (Lipinski definition) is 6. The minimum atomic E-state index is 0.221. The van der Waals surface area contributed by atoms with Crippen molar-refractivity contribution in [2.45, 2.75) is 16.7 Å². The monoisotopic (exact) mass is 429 g/mol. The van der Waals surface area contributed by atoms with E-state index in [9.17, 15) is 4.79 Å². The number of thioether (sulfide) groups is 2. The lowest BCUT2D eigenvalue weighted by molar-refractivity contribution is -0.128. The SMILES string of the molecule is CSc1cccc2sc(N3CCN(C(=O)CSc4ccc(C)cc4)CC3)nc12. The Morgan fingerprint density at radius 2 is 1.86 bits per heavy atom. The minimum Gasteiger partial charge on any atom is -0.345 e. The minimum absolute atomic E-state index is 0.221. The fourth-order valence-electron chi connectivity index (χ4n) is 3.23. The lowest BCUT2D eigenvalue weighted by Gasteiger charge is -2.34. The molecule has 0 spiro atoms. The van der Waals surface area contributed by atoms with E-state index in [0.717, 1.165) is 41.7 Å². The molecular formula is C21H23N3OS3. The van der Waals surface area contributed by atoms with E-state index in [0.29, 0.717) is 5.75 Å². The fourth-order valence-corrected chi connectivity index (χ4v) is 5.70. The number of carbonyl (C=O) groups excluding carboxylic acids is 1. The lowest BCUT2D eigenvalue weighted by Crippen LogP contribution is -2.49. The molecule has 0 unspecified atom stereocenters. The molecule has 28 heavy (non-hydrogen) atoms. The van der Waals surface area contributed by atoms with Crippen molar-refractivity contribution in [3.05, 3.63) is 48.0 Å². The number of aromatic nitrogens is 1. The van der Waals surface area contributed by atoms with E-state index in [1.807, 2.05) is 4.90 Å². The highest BCUT2D eigenvalue weighted by Gasteiger charge is 2.23. The first-order chi connectivity index (χ1) is 13.6. The lowest BCUT2D eigenvalue weighted by atomic mass is 10.2. The second-order valence-electron chi connectivity index (χ2n) is 6.77. The molecule has 0 radical (unpaired) electrons. The molecule has 0 aliphatic carbocycles. The summed E-state index contributed by atoms with van der Waals surface area (Å²) < 4.78 is 1.23. The largest absolute Gasteiger partial charge is 0.345 e. The van der Waals surface area contributed by atoms with E-state index in [-0.39, 0.29) is 5.91 Å². The van der Waals surface area contributed by atoms with E-state index in [1.165, 1.54) is 15.2 Å². The van der Waals surface area contributed by atoms with Gasteiger partial charge < -0.3 is 9.80 Å². The molecule has 7 heteroatoms. The van der Waals surface area contributed by atoms with Gasteiger partial charge in [0.1, 0.15) is 0 Å². The highest BCUT2D eigenvalue weighted by molar-refractivity contribution is 8.00. The Labute approximate surface area is 178 Å². The number of para-hydroxylation sites is 1. The Morgan fingerprint density at radius 1 is 1.11 bits per heavy atom. The predicted molar refractivity (Wildman–Crippen MR) is 122 cm³/mol. The van der Waals surface area contributed by atoms with Crippen molar-refractivity contribution < 1.29 is 4.79 Å². The summed E-state index contributed by atoms with van der Waals surface area (Å²) in [6.07, 6.45) is 2.09. The van der Waals surface area contributed by atoms with Gasteiger partial charge >= 0.3 is 0 Å².